The Morgan fingerprint density at radius 1 is 1.29 bits per heavy atom. The second-order valence-electron chi connectivity index (χ2n) is 3.34. The lowest BCUT2D eigenvalue weighted by atomic mass is 10.2. The molecule has 2 aromatic rings. The molecule has 0 spiro atoms. The van der Waals surface area contributed by atoms with Crippen molar-refractivity contribution in [1.29, 1.82) is 0 Å². The maximum atomic E-state index is 11.8. The Bertz CT molecular complexity index is 596. The van der Waals surface area contributed by atoms with Crippen molar-refractivity contribution in [2.45, 2.75) is 11.6 Å². The lowest BCUT2D eigenvalue weighted by Gasteiger charge is -2.06. The van der Waals surface area contributed by atoms with Crippen molar-refractivity contribution < 1.29 is 8.42 Å². The maximum absolute atomic E-state index is 11.8. The van der Waals surface area contributed by atoms with E-state index in [2.05, 4.69) is 30.8 Å². The number of aromatic nitrogens is 2. The average Bonchev–Trinajstić information content (AvgIpc) is 2.82. The number of rotatable bonds is 4. The Labute approximate surface area is 107 Å². The third kappa shape index (κ3) is 2.93. The maximum Gasteiger partial charge on any atom is 0.257 e. The second-order valence-corrected chi connectivity index (χ2v) is 5.93. The van der Waals surface area contributed by atoms with E-state index in [4.69, 9.17) is 0 Å². The van der Waals surface area contributed by atoms with E-state index in [1.54, 1.807) is 0 Å². The molecule has 2 rings (SSSR count). The molecular weight excluding hydrogens is 306 g/mol. The minimum Gasteiger partial charge on any atom is -0.266 e. The van der Waals surface area contributed by atoms with Gasteiger partial charge in [0.1, 0.15) is 0 Å². The van der Waals surface area contributed by atoms with Crippen LogP contribution in [0.25, 0.3) is 0 Å². The minimum absolute atomic E-state index is 0.0598. The molecule has 1 aromatic heterocycles. The van der Waals surface area contributed by atoms with Gasteiger partial charge >= 0.3 is 0 Å². The molecule has 1 heterocycles. The molecule has 2 N–H and O–H groups in total. The van der Waals surface area contributed by atoms with Crippen LogP contribution in [0, 0.1) is 0 Å². The van der Waals surface area contributed by atoms with Crippen LogP contribution in [0.15, 0.2) is 46.0 Å². The summed E-state index contributed by atoms with van der Waals surface area (Å²) in [6, 6.07) is 8.84. The van der Waals surface area contributed by atoms with Gasteiger partial charge in [-0.3, -0.25) is 5.10 Å². The summed E-state index contributed by atoms with van der Waals surface area (Å²) in [6.45, 7) is 0.225. The zero-order valence-corrected chi connectivity index (χ0v) is 11.1. The van der Waals surface area contributed by atoms with Gasteiger partial charge in [0, 0.05) is 11.0 Å². The molecule has 0 atom stereocenters. The van der Waals surface area contributed by atoms with Gasteiger partial charge < -0.3 is 0 Å². The quantitative estimate of drug-likeness (QED) is 0.901. The molecule has 90 valence electrons. The van der Waals surface area contributed by atoms with Gasteiger partial charge in [0.05, 0.1) is 6.20 Å². The number of nitrogens with one attached hydrogen (secondary N) is 2. The van der Waals surface area contributed by atoms with Gasteiger partial charge in [-0.25, -0.2) is 13.1 Å². The van der Waals surface area contributed by atoms with E-state index in [9.17, 15) is 8.42 Å². The summed E-state index contributed by atoms with van der Waals surface area (Å²) in [5.41, 5.74) is 0.871. The molecule has 0 fully saturated rings. The molecule has 17 heavy (non-hydrogen) atoms. The molecular formula is C10H10BrN3O2S. The van der Waals surface area contributed by atoms with Crippen LogP contribution in [0.2, 0.25) is 0 Å². The van der Waals surface area contributed by atoms with Crippen LogP contribution in [0.3, 0.4) is 0 Å². The molecule has 0 unspecified atom stereocenters. The van der Waals surface area contributed by atoms with Gasteiger partial charge in [0.15, 0.2) is 5.03 Å². The van der Waals surface area contributed by atoms with Crippen LogP contribution in [0.5, 0.6) is 0 Å². The number of aromatic amines is 1. The molecule has 0 aliphatic rings. The molecule has 0 amide bonds. The topological polar surface area (TPSA) is 74.8 Å². The summed E-state index contributed by atoms with van der Waals surface area (Å²) < 4.78 is 26.9. The number of sulfonamides is 1. The van der Waals surface area contributed by atoms with Crippen molar-refractivity contribution in [2.24, 2.45) is 0 Å². The zero-order valence-electron chi connectivity index (χ0n) is 8.72. The normalized spacial score (nSPS) is 11.6. The van der Waals surface area contributed by atoms with Crippen LogP contribution < -0.4 is 4.72 Å². The Morgan fingerprint density at radius 3 is 2.71 bits per heavy atom. The van der Waals surface area contributed by atoms with Crippen LogP contribution in [-0.4, -0.2) is 18.6 Å². The van der Waals surface area contributed by atoms with Crippen molar-refractivity contribution in [3.05, 3.63) is 46.6 Å². The van der Waals surface area contributed by atoms with Crippen molar-refractivity contribution in [3.8, 4) is 0 Å². The molecule has 0 saturated carbocycles. The summed E-state index contributed by atoms with van der Waals surface area (Å²) in [4.78, 5) is 0. The fourth-order valence-electron chi connectivity index (χ4n) is 1.29. The number of hydrogen-bond acceptors (Lipinski definition) is 3. The van der Waals surface area contributed by atoms with E-state index in [1.165, 1.54) is 12.3 Å². The third-order valence-electron chi connectivity index (χ3n) is 2.18. The number of halogens is 1. The predicted octanol–water partition coefficient (Wildman–Crippen LogP) is 1.65. The number of hydrogen-bond donors (Lipinski definition) is 2. The van der Waals surface area contributed by atoms with Crippen LogP contribution >= 0.6 is 15.9 Å². The lowest BCUT2D eigenvalue weighted by molar-refractivity contribution is 0.577. The largest absolute Gasteiger partial charge is 0.266 e. The number of nitrogens with zero attached hydrogens (tertiary/aromatic N) is 1. The molecule has 0 aliphatic carbocycles. The summed E-state index contributed by atoms with van der Waals surface area (Å²) >= 11 is 3.36. The van der Waals surface area contributed by atoms with E-state index in [0.29, 0.717) is 0 Å². The van der Waals surface area contributed by atoms with E-state index >= 15 is 0 Å². The predicted molar refractivity (Wildman–Crippen MR) is 66.8 cm³/mol. The molecule has 0 saturated heterocycles. The Balaban J connectivity index is 2.12. The van der Waals surface area contributed by atoms with E-state index in [0.717, 1.165) is 10.0 Å². The highest BCUT2D eigenvalue weighted by Gasteiger charge is 2.15. The van der Waals surface area contributed by atoms with Crippen molar-refractivity contribution in [3.63, 3.8) is 0 Å². The Kier molecular flexibility index (Phi) is 3.60. The summed E-state index contributed by atoms with van der Waals surface area (Å²) in [5.74, 6) is 0. The van der Waals surface area contributed by atoms with E-state index < -0.39 is 10.0 Å². The second kappa shape index (κ2) is 4.99. The smallest absolute Gasteiger partial charge is 0.257 e. The summed E-state index contributed by atoms with van der Waals surface area (Å²) in [7, 11) is -3.52. The Hall–Kier alpha value is -1.18. The van der Waals surface area contributed by atoms with Crippen molar-refractivity contribution in [2.75, 3.05) is 0 Å². The third-order valence-corrected chi connectivity index (χ3v) is 4.28. The lowest BCUT2D eigenvalue weighted by Crippen LogP contribution is -2.23. The van der Waals surface area contributed by atoms with Gasteiger partial charge in [-0.15, -0.1) is 0 Å². The highest BCUT2D eigenvalue weighted by Crippen LogP contribution is 2.16. The first kappa shape index (κ1) is 12.3. The number of benzene rings is 1. The summed E-state index contributed by atoms with van der Waals surface area (Å²) in [5, 5.41) is 6.08. The summed E-state index contributed by atoms with van der Waals surface area (Å²) in [6.07, 6.45) is 1.40. The fourth-order valence-corrected chi connectivity index (χ4v) is 2.62. The van der Waals surface area contributed by atoms with Crippen LogP contribution in [0.1, 0.15) is 5.56 Å². The van der Waals surface area contributed by atoms with Gasteiger partial charge in [-0.1, -0.05) is 34.1 Å². The molecule has 5 nitrogen and oxygen atoms in total. The van der Waals surface area contributed by atoms with Gasteiger partial charge in [-0.2, -0.15) is 5.10 Å². The SMILES string of the molecule is O=S(=O)(NCc1ccccc1Br)c1ccn[nH]1. The van der Waals surface area contributed by atoms with Gasteiger partial charge in [0.25, 0.3) is 10.0 Å². The van der Waals surface area contributed by atoms with Gasteiger partial charge in [-0.05, 0) is 17.7 Å². The first-order chi connectivity index (χ1) is 8.09. The Morgan fingerprint density at radius 2 is 2.06 bits per heavy atom. The molecule has 7 heteroatoms. The standard InChI is InChI=1S/C10H10BrN3O2S/c11-9-4-2-1-3-8(9)7-13-17(15,16)10-5-6-12-14-10/h1-6,13H,7H2,(H,12,14). The monoisotopic (exact) mass is 315 g/mol. The van der Waals surface area contributed by atoms with Crippen LogP contribution in [-0.2, 0) is 16.6 Å². The van der Waals surface area contributed by atoms with E-state index in [-0.39, 0.29) is 11.6 Å². The molecule has 0 bridgehead atoms. The van der Waals surface area contributed by atoms with Gasteiger partial charge in [0.2, 0.25) is 0 Å². The van der Waals surface area contributed by atoms with Crippen molar-refractivity contribution >= 4 is 26.0 Å². The molecule has 0 aliphatic heterocycles. The molecule has 1 aromatic carbocycles. The first-order valence-corrected chi connectivity index (χ1v) is 7.09. The highest BCUT2D eigenvalue weighted by atomic mass is 79.9. The fraction of sp³-hybridized carbons (Fsp3) is 0.100. The molecule has 0 radical (unpaired) electrons. The average molecular weight is 316 g/mol. The number of H-pyrrole nitrogens is 1. The first-order valence-electron chi connectivity index (χ1n) is 4.82. The zero-order chi connectivity index (χ0) is 12.3. The minimum atomic E-state index is -3.52. The van der Waals surface area contributed by atoms with E-state index in [1.807, 2.05) is 24.3 Å². The highest BCUT2D eigenvalue weighted by molar-refractivity contribution is 9.10. The van der Waals surface area contributed by atoms with Crippen molar-refractivity contribution in [1.82, 2.24) is 14.9 Å². The van der Waals surface area contributed by atoms with Crippen LogP contribution in [0.4, 0.5) is 0 Å².